The van der Waals surface area contributed by atoms with Crippen molar-refractivity contribution < 1.29 is 19.5 Å². The minimum absolute atomic E-state index is 0.0625. The minimum Gasteiger partial charge on any atom is -0.481 e. The Kier molecular flexibility index (Phi) is 3.15. The zero-order valence-electron chi connectivity index (χ0n) is 11.4. The fourth-order valence-corrected chi connectivity index (χ4v) is 3.82. The fourth-order valence-electron chi connectivity index (χ4n) is 3.82. The van der Waals surface area contributed by atoms with Gasteiger partial charge in [-0.3, -0.25) is 19.3 Å². The molecule has 1 aliphatic heterocycles. The van der Waals surface area contributed by atoms with Gasteiger partial charge in [0.05, 0.1) is 17.3 Å². The van der Waals surface area contributed by atoms with Crippen molar-refractivity contribution in [3.05, 3.63) is 12.2 Å². The van der Waals surface area contributed by atoms with Crippen LogP contribution in [0.25, 0.3) is 0 Å². The maximum atomic E-state index is 12.4. The van der Waals surface area contributed by atoms with Crippen LogP contribution in [0.5, 0.6) is 0 Å². The Morgan fingerprint density at radius 1 is 1.15 bits per heavy atom. The Balaban J connectivity index is 1.82. The van der Waals surface area contributed by atoms with Crippen molar-refractivity contribution in [3.63, 3.8) is 0 Å². The van der Waals surface area contributed by atoms with E-state index in [-0.39, 0.29) is 30.2 Å². The smallest absolute Gasteiger partial charge is 0.311 e. The van der Waals surface area contributed by atoms with Crippen LogP contribution in [0.4, 0.5) is 0 Å². The van der Waals surface area contributed by atoms with Crippen molar-refractivity contribution in [1.82, 2.24) is 4.90 Å². The first-order valence-corrected chi connectivity index (χ1v) is 7.29. The summed E-state index contributed by atoms with van der Waals surface area (Å²) in [5.74, 6) is -1.74. The minimum atomic E-state index is -0.910. The number of aliphatic carboxylic acids is 1. The van der Waals surface area contributed by atoms with Gasteiger partial charge in [-0.2, -0.15) is 0 Å². The first kappa shape index (κ1) is 13.3. The average Bonchev–Trinajstić information content (AvgIpc) is 3.01. The van der Waals surface area contributed by atoms with Crippen LogP contribution in [0, 0.1) is 17.3 Å². The Morgan fingerprint density at radius 2 is 1.65 bits per heavy atom. The van der Waals surface area contributed by atoms with Crippen LogP contribution in [0.1, 0.15) is 38.5 Å². The molecule has 1 saturated carbocycles. The summed E-state index contributed by atoms with van der Waals surface area (Å²) in [6, 6.07) is 0. The molecule has 1 saturated heterocycles. The van der Waals surface area contributed by atoms with Crippen molar-refractivity contribution in [1.29, 1.82) is 0 Å². The lowest BCUT2D eigenvalue weighted by molar-refractivity contribution is -0.153. The SMILES string of the molecule is O=C1C2CC=CCC2C(=O)N1CC1(C(=O)O)CCCC1. The lowest BCUT2D eigenvalue weighted by atomic mass is 9.85. The fraction of sp³-hybridized carbons (Fsp3) is 0.667. The van der Waals surface area contributed by atoms with E-state index in [4.69, 9.17) is 0 Å². The van der Waals surface area contributed by atoms with Crippen molar-refractivity contribution in [2.45, 2.75) is 38.5 Å². The summed E-state index contributed by atoms with van der Waals surface area (Å²) in [7, 11) is 0. The number of rotatable bonds is 3. The molecular formula is C15H19NO4. The molecule has 108 valence electrons. The Hall–Kier alpha value is -1.65. The third-order valence-corrected chi connectivity index (χ3v) is 5.07. The monoisotopic (exact) mass is 277 g/mol. The van der Waals surface area contributed by atoms with Crippen LogP contribution in [0.15, 0.2) is 12.2 Å². The van der Waals surface area contributed by atoms with Gasteiger partial charge in [-0.1, -0.05) is 25.0 Å². The third kappa shape index (κ3) is 1.87. The summed E-state index contributed by atoms with van der Waals surface area (Å²) in [4.78, 5) is 37.6. The number of nitrogens with zero attached hydrogens (tertiary/aromatic N) is 1. The summed E-state index contributed by atoms with van der Waals surface area (Å²) < 4.78 is 0. The van der Waals surface area contributed by atoms with E-state index in [0.29, 0.717) is 25.7 Å². The molecule has 20 heavy (non-hydrogen) atoms. The first-order valence-electron chi connectivity index (χ1n) is 7.29. The van der Waals surface area contributed by atoms with Crippen LogP contribution in [-0.2, 0) is 14.4 Å². The zero-order valence-corrected chi connectivity index (χ0v) is 11.4. The van der Waals surface area contributed by atoms with Crippen LogP contribution < -0.4 is 0 Å². The molecule has 0 aromatic carbocycles. The van der Waals surface area contributed by atoms with Crippen LogP contribution in [0.3, 0.4) is 0 Å². The van der Waals surface area contributed by atoms with E-state index in [1.54, 1.807) is 0 Å². The number of carbonyl (C=O) groups is 3. The van der Waals surface area contributed by atoms with Gasteiger partial charge >= 0.3 is 5.97 Å². The van der Waals surface area contributed by atoms with Gasteiger partial charge in [-0.15, -0.1) is 0 Å². The lowest BCUT2D eigenvalue weighted by Gasteiger charge is -2.28. The molecule has 2 amide bonds. The topological polar surface area (TPSA) is 74.7 Å². The van der Waals surface area contributed by atoms with Crippen molar-refractivity contribution in [2.24, 2.45) is 17.3 Å². The summed E-state index contributed by atoms with van der Waals surface area (Å²) in [6.45, 7) is 0.0625. The second-order valence-corrected chi connectivity index (χ2v) is 6.21. The summed E-state index contributed by atoms with van der Waals surface area (Å²) in [5, 5.41) is 9.49. The van der Waals surface area contributed by atoms with Crippen LogP contribution >= 0.6 is 0 Å². The molecule has 0 aromatic heterocycles. The molecule has 2 fully saturated rings. The van der Waals surface area contributed by atoms with Gasteiger partial charge in [0.15, 0.2) is 0 Å². The number of hydrogen-bond donors (Lipinski definition) is 1. The van der Waals surface area contributed by atoms with Gasteiger partial charge in [0, 0.05) is 6.54 Å². The molecular weight excluding hydrogens is 258 g/mol. The van der Waals surface area contributed by atoms with E-state index in [9.17, 15) is 19.5 Å². The summed E-state index contributed by atoms with van der Waals surface area (Å²) in [5.41, 5.74) is -0.910. The average molecular weight is 277 g/mol. The van der Waals surface area contributed by atoms with Crippen molar-refractivity contribution >= 4 is 17.8 Å². The Labute approximate surface area is 117 Å². The van der Waals surface area contributed by atoms with Gasteiger partial charge < -0.3 is 5.11 Å². The standard InChI is InChI=1S/C15H19NO4/c17-12-10-5-1-2-6-11(10)13(18)16(12)9-15(14(19)20)7-3-4-8-15/h1-2,10-11H,3-9H2,(H,19,20). The van der Waals surface area contributed by atoms with E-state index < -0.39 is 11.4 Å². The molecule has 0 radical (unpaired) electrons. The number of amides is 2. The molecule has 0 aromatic rings. The predicted molar refractivity (Wildman–Crippen MR) is 70.6 cm³/mol. The predicted octanol–water partition coefficient (Wildman–Crippen LogP) is 1.58. The highest BCUT2D eigenvalue weighted by atomic mass is 16.4. The summed E-state index contributed by atoms with van der Waals surface area (Å²) in [6.07, 6.45) is 7.93. The number of carbonyl (C=O) groups excluding carboxylic acids is 2. The van der Waals surface area contributed by atoms with Gasteiger partial charge in [-0.05, 0) is 25.7 Å². The molecule has 3 rings (SSSR count). The highest BCUT2D eigenvalue weighted by Gasteiger charge is 2.52. The molecule has 1 heterocycles. The van der Waals surface area contributed by atoms with Crippen molar-refractivity contribution in [3.8, 4) is 0 Å². The molecule has 0 spiro atoms. The number of hydrogen-bond acceptors (Lipinski definition) is 3. The van der Waals surface area contributed by atoms with Gasteiger partial charge in [0.2, 0.25) is 11.8 Å². The maximum Gasteiger partial charge on any atom is 0.311 e. The van der Waals surface area contributed by atoms with E-state index in [1.165, 1.54) is 4.90 Å². The van der Waals surface area contributed by atoms with Crippen molar-refractivity contribution in [2.75, 3.05) is 6.54 Å². The largest absolute Gasteiger partial charge is 0.481 e. The second-order valence-electron chi connectivity index (χ2n) is 6.21. The quantitative estimate of drug-likeness (QED) is 0.628. The molecule has 1 N–H and O–H groups in total. The number of likely N-dealkylation sites (tertiary alicyclic amines) is 1. The maximum absolute atomic E-state index is 12.4. The number of carboxylic acid groups (broad SMARTS) is 1. The van der Waals surface area contributed by atoms with E-state index >= 15 is 0 Å². The van der Waals surface area contributed by atoms with Gasteiger partial charge in [0.25, 0.3) is 0 Å². The summed E-state index contributed by atoms with van der Waals surface area (Å²) >= 11 is 0. The number of allylic oxidation sites excluding steroid dienone is 2. The lowest BCUT2D eigenvalue weighted by Crippen LogP contribution is -2.44. The normalized spacial score (nSPS) is 31.7. The molecule has 2 unspecified atom stereocenters. The Morgan fingerprint density at radius 3 is 2.10 bits per heavy atom. The molecule has 2 atom stereocenters. The third-order valence-electron chi connectivity index (χ3n) is 5.07. The molecule has 5 heteroatoms. The molecule has 5 nitrogen and oxygen atoms in total. The Bertz CT molecular complexity index is 464. The van der Waals surface area contributed by atoms with Crippen LogP contribution in [-0.4, -0.2) is 34.3 Å². The van der Waals surface area contributed by atoms with Crippen LogP contribution in [0.2, 0.25) is 0 Å². The van der Waals surface area contributed by atoms with E-state index in [1.807, 2.05) is 12.2 Å². The molecule has 2 aliphatic carbocycles. The highest BCUT2D eigenvalue weighted by molar-refractivity contribution is 6.05. The zero-order chi connectivity index (χ0) is 14.3. The first-order chi connectivity index (χ1) is 9.55. The molecule has 0 bridgehead atoms. The van der Waals surface area contributed by atoms with Gasteiger partial charge in [0.1, 0.15) is 0 Å². The second kappa shape index (κ2) is 4.72. The van der Waals surface area contributed by atoms with Gasteiger partial charge in [-0.25, -0.2) is 0 Å². The highest BCUT2D eigenvalue weighted by Crippen LogP contribution is 2.42. The number of fused-ring (bicyclic) bond motifs is 1. The number of carboxylic acids is 1. The number of imide groups is 1. The molecule has 3 aliphatic rings. The van der Waals surface area contributed by atoms with E-state index in [2.05, 4.69) is 0 Å². The van der Waals surface area contributed by atoms with E-state index in [0.717, 1.165) is 12.8 Å².